The lowest BCUT2D eigenvalue weighted by atomic mass is 10.2. The predicted octanol–water partition coefficient (Wildman–Crippen LogP) is 3.75. The predicted molar refractivity (Wildman–Crippen MR) is 60.3 cm³/mol. The highest BCUT2D eigenvalue weighted by atomic mass is 35.5. The highest BCUT2D eigenvalue weighted by Gasteiger charge is 2.01. The van der Waals surface area contributed by atoms with Crippen molar-refractivity contribution in [2.75, 3.05) is 0 Å². The van der Waals surface area contributed by atoms with Crippen LogP contribution in [0.5, 0.6) is 0 Å². The van der Waals surface area contributed by atoms with Gasteiger partial charge >= 0.3 is 0 Å². The van der Waals surface area contributed by atoms with Crippen LogP contribution in [0.1, 0.15) is 19.4 Å². The second kappa shape index (κ2) is 5.23. The number of rotatable bonds is 3. The number of benzene rings is 1. The smallest absolute Gasteiger partial charge is 0.122 e. The second-order valence-corrected chi connectivity index (χ2v) is 3.84. The van der Waals surface area contributed by atoms with E-state index in [4.69, 9.17) is 28.0 Å². The minimum absolute atomic E-state index is 0.0486. The summed E-state index contributed by atoms with van der Waals surface area (Å²) in [6, 6.07) is 5.29. The summed E-state index contributed by atoms with van der Waals surface area (Å²) in [4.78, 5) is 5.01. The van der Waals surface area contributed by atoms with Crippen LogP contribution < -0.4 is 0 Å². The van der Waals surface area contributed by atoms with Gasteiger partial charge < -0.3 is 4.84 Å². The maximum Gasteiger partial charge on any atom is 0.122 e. The quantitative estimate of drug-likeness (QED) is 0.574. The molecule has 0 heterocycles. The molecule has 0 aliphatic heterocycles. The van der Waals surface area contributed by atoms with Crippen LogP contribution in [0.3, 0.4) is 0 Å². The third-order valence-electron chi connectivity index (χ3n) is 1.45. The second-order valence-electron chi connectivity index (χ2n) is 3.02. The van der Waals surface area contributed by atoms with E-state index >= 15 is 0 Å². The van der Waals surface area contributed by atoms with Crippen molar-refractivity contribution in [3.05, 3.63) is 33.8 Å². The number of hydrogen-bond acceptors (Lipinski definition) is 2. The lowest BCUT2D eigenvalue weighted by molar-refractivity contribution is 0.0874. The van der Waals surface area contributed by atoms with E-state index in [1.54, 1.807) is 18.2 Å². The van der Waals surface area contributed by atoms with Crippen molar-refractivity contribution < 1.29 is 4.84 Å². The summed E-state index contributed by atoms with van der Waals surface area (Å²) in [6.07, 6.45) is 1.57. The summed E-state index contributed by atoms with van der Waals surface area (Å²) in [5.41, 5.74) is 0.677. The summed E-state index contributed by atoms with van der Waals surface area (Å²) in [7, 11) is 0. The zero-order chi connectivity index (χ0) is 10.6. The molecule has 0 bridgehead atoms. The number of nitrogens with zero attached hydrogens (tertiary/aromatic N) is 1. The molecule has 0 aromatic heterocycles. The van der Waals surface area contributed by atoms with Crippen LogP contribution in [0.15, 0.2) is 23.4 Å². The van der Waals surface area contributed by atoms with Gasteiger partial charge in [0.2, 0.25) is 0 Å². The van der Waals surface area contributed by atoms with Gasteiger partial charge in [0.25, 0.3) is 0 Å². The summed E-state index contributed by atoms with van der Waals surface area (Å²) in [5.74, 6) is 0. The average molecular weight is 232 g/mol. The molecule has 1 rings (SSSR count). The molecule has 1 aromatic carbocycles. The molecular weight excluding hydrogens is 221 g/mol. The van der Waals surface area contributed by atoms with E-state index < -0.39 is 0 Å². The first-order valence-electron chi connectivity index (χ1n) is 4.24. The number of halogens is 2. The molecule has 1 aromatic rings. The van der Waals surface area contributed by atoms with Crippen LogP contribution >= 0.6 is 23.2 Å². The molecule has 0 fully saturated rings. The van der Waals surface area contributed by atoms with Crippen molar-refractivity contribution in [1.29, 1.82) is 0 Å². The Kier molecular flexibility index (Phi) is 4.23. The minimum atomic E-state index is 0.0486. The van der Waals surface area contributed by atoms with Crippen LogP contribution in [-0.2, 0) is 4.84 Å². The van der Waals surface area contributed by atoms with Crippen molar-refractivity contribution in [1.82, 2.24) is 0 Å². The molecule has 0 aliphatic rings. The lowest BCUT2D eigenvalue weighted by Crippen LogP contribution is -1.96. The van der Waals surface area contributed by atoms with Crippen LogP contribution in [0.4, 0.5) is 0 Å². The van der Waals surface area contributed by atoms with Gasteiger partial charge in [-0.1, -0.05) is 34.4 Å². The van der Waals surface area contributed by atoms with Gasteiger partial charge in [0, 0.05) is 5.56 Å². The molecule has 76 valence electrons. The molecule has 0 N–H and O–H groups in total. The van der Waals surface area contributed by atoms with Crippen molar-refractivity contribution >= 4 is 29.4 Å². The Morgan fingerprint density at radius 3 is 2.36 bits per heavy atom. The highest BCUT2D eigenvalue weighted by Crippen LogP contribution is 2.22. The van der Waals surface area contributed by atoms with E-state index in [2.05, 4.69) is 5.16 Å². The SMILES string of the molecule is CC(C)O/N=C/c1c(Cl)cccc1Cl. The van der Waals surface area contributed by atoms with Gasteiger partial charge in [-0.2, -0.15) is 0 Å². The van der Waals surface area contributed by atoms with Gasteiger partial charge in [-0.15, -0.1) is 0 Å². The van der Waals surface area contributed by atoms with Crippen LogP contribution in [0, 0.1) is 0 Å². The van der Waals surface area contributed by atoms with Gasteiger partial charge in [-0.25, -0.2) is 0 Å². The van der Waals surface area contributed by atoms with Crippen LogP contribution in [0.25, 0.3) is 0 Å². The van der Waals surface area contributed by atoms with Crippen molar-refractivity contribution in [3.63, 3.8) is 0 Å². The first-order chi connectivity index (χ1) is 6.61. The van der Waals surface area contributed by atoms with E-state index in [0.29, 0.717) is 15.6 Å². The fourth-order valence-corrected chi connectivity index (χ4v) is 1.33. The van der Waals surface area contributed by atoms with Gasteiger partial charge in [-0.05, 0) is 26.0 Å². The molecule has 0 saturated heterocycles. The van der Waals surface area contributed by atoms with Gasteiger partial charge in [-0.3, -0.25) is 0 Å². The van der Waals surface area contributed by atoms with Crippen LogP contribution in [-0.4, -0.2) is 12.3 Å². The van der Waals surface area contributed by atoms with Gasteiger partial charge in [0.15, 0.2) is 0 Å². The molecular formula is C10H11Cl2NO. The Labute approximate surface area is 93.5 Å². The van der Waals surface area contributed by atoms with E-state index in [1.807, 2.05) is 13.8 Å². The summed E-state index contributed by atoms with van der Waals surface area (Å²) in [6.45, 7) is 3.79. The van der Waals surface area contributed by atoms with Gasteiger partial charge in [0.1, 0.15) is 6.10 Å². The lowest BCUT2D eigenvalue weighted by Gasteiger charge is -2.02. The standard InChI is InChI=1S/C10H11Cl2NO/c1-7(2)14-13-6-8-9(11)4-3-5-10(8)12/h3-7H,1-2H3/b13-6+. The fourth-order valence-electron chi connectivity index (χ4n) is 0.839. The third kappa shape index (κ3) is 3.20. The Hall–Kier alpha value is -0.730. The number of hydrogen-bond donors (Lipinski definition) is 0. The van der Waals surface area contributed by atoms with Crippen LogP contribution in [0.2, 0.25) is 10.0 Å². The van der Waals surface area contributed by atoms with E-state index in [1.165, 1.54) is 6.21 Å². The molecule has 4 heteroatoms. The van der Waals surface area contributed by atoms with Crippen molar-refractivity contribution in [2.45, 2.75) is 20.0 Å². The Bertz CT molecular complexity index is 317. The van der Waals surface area contributed by atoms with Crippen molar-refractivity contribution in [2.24, 2.45) is 5.16 Å². The molecule has 2 nitrogen and oxygen atoms in total. The van der Waals surface area contributed by atoms with E-state index in [9.17, 15) is 0 Å². The summed E-state index contributed by atoms with van der Waals surface area (Å²) >= 11 is 11.8. The summed E-state index contributed by atoms with van der Waals surface area (Å²) < 4.78 is 0. The Morgan fingerprint density at radius 2 is 1.86 bits per heavy atom. The Morgan fingerprint density at radius 1 is 1.29 bits per heavy atom. The molecule has 0 atom stereocenters. The molecule has 0 saturated carbocycles. The first kappa shape index (κ1) is 11.3. The monoisotopic (exact) mass is 231 g/mol. The van der Waals surface area contributed by atoms with Crippen molar-refractivity contribution in [3.8, 4) is 0 Å². The summed E-state index contributed by atoms with van der Waals surface area (Å²) in [5, 5.41) is 4.90. The minimum Gasteiger partial charge on any atom is -0.393 e. The largest absolute Gasteiger partial charge is 0.393 e. The molecule has 14 heavy (non-hydrogen) atoms. The average Bonchev–Trinajstić information content (AvgIpc) is 2.09. The molecule has 0 amide bonds. The maximum atomic E-state index is 5.91. The normalized spacial score (nSPS) is 11.2. The van der Waals surface area contributed by atoms with E-state index in [0.717, 1.165) is 0 Å². The fraction of sp³-hybridized carbons (Fsp3) is 0.300. The zero-order valence-corrected chi connectivity index (χ0v) is 9.51. The third-order valence-corrected chi connectivity index (χ3v) is 2.11. The molecule has 0 aliphatic carbocycles. The topological polar surface area (TPSA) is 21.6 Å². The molecule has 0 radical (unpaired) electrons. The van der Waals surface area contributed by atoms with Gasteiger partial charge in [0.05, 0.1) is 16.3 Å². The Balaban J connectivity index is 2.80. The molecule has 0 spiro atoms. The van der Waals surface area contributed by atoms with E-state index in [-0.39, 0.29) is 6.10 Å². The zero-order valence-electron chi connectivity index (χ0n) is 8.00. The highest BCUT2D eigenvalue weighted by molar-refractivity contribution is 6.38. The number of oxime groups is 1. The first-order valence-corrected chi connectivity index (χ1v) is 5.00. The molecule has 0 unspecified atom stereocenters. The maximum absolute atomic E-state index is 5.91.